The molecule has 0 spiro atoms. The summed E-state index contributed by atoms with van der Waals surface area (Å²) >= 11 is 0. The summed E-state index contributed by atoms with van der Waals surface area (Å²) in [6.07, 6.45) is 3.91. The van der Waals surface area contributed by atoms with E-state index in [0.717, 1.165) is 18.7 Å². The number of aryl methyl sites for hydroxylation is 1. The van der Waals surface area contributed by atoms with Crippen LogP contribution in [0.2, 0.25) is 0 Å². The number of aromatic nitrogens is 2. The maximum atomic E-state index is 5.48. The summed E-state index contributed by atoms with van der Waals surface area (Å²) in [5.41, 5.74) is 5.48. The van der Waals surface area contributed by atoms with Gasteiger partial charge in [-0.1, -0.05) is 0 Å². The quantitative estimate of drug-likeness (QED) is 0.694. The molecule has 0 saturated heterocycles. The highest BCUT2D eigenvalue weighted by molar-refractivity contribution is 5.33. The zero-order valence-electron chi connectivity index (χ0n) is 9.44. The van der Waals surface area contributed by atoms with Crippen LogP contribution in [0.3, 0.4) is 0 Å². The van der Waals surface area contributed by atoms with Gasteiger partial charge in [0.15, 0.2) is 0 Å². The first-order valence-corrected chi connectivity index (χ1v) is 5.21. The average molecular weight is 212 g/mol. The average Bonchev–Trinajstić information content (AvgIpc) is 2.61. The first-order valence-electron chi connectivity index (χ1n) is 5.21. The fourth-order valence-electron chi connectivity index (χ4n) is 1.46. The molecule has 1 rings (SSSR count). The second kappa shape index (κ2) is 6.42. The second-order valence-corrected chi connectivity index (χ2v) is 3.60. The molecule has 0 amide bonds. The maximum Gasteiger partial charge on any atom is 0.148 e. The van der Waals surface area contributed by atoms with E-state index < -0.39 is 0 Å². The van der Waals surface area contributed by atoms with Crippen molar-refractivity contribution >= 4 is 5.82 Å². The molecule has 0 aromatic carbocycles. The molecule has 1 heterocycles. The third kappa shape index (κ3) is 4.31. The van der Waals surface area contributed by atoms with Crippen LogP contribution in [0.15, 0.2) is 12.3 Å². The van der Waals surface area contributed by atoms with E-state index in [1.165, 1.54) is 0 Å². The Labute approximate surface area is 90.6 Å². The third-order valence-electron chi connectivity index (χ3n) is 2.19. The molecule has 1 aromatic rings. The molecule has 0 bridgehead atoms. The van der Waals surface area contributed by atoms with Crippen LogP contribution in [-0.4, -0.2) is 36.1 Å². The zero-order valence-corrected chi connectivity index (χ0v) is 9.44. The van der Waals surface area contributed by atoms with E-state index in [1.807, 2.05) is 19.3 Å². The van der Waals surface area contributed by atoms with Crippen molar-refractivity contribution in [1.82, 2.24) is 9.78 Å². The summed E-state index contributed by atoms with van der Waals surface area (Å²) < 4.78 is 6.92. The lowest BCUT2D eigenvalue weighted by Gasteiger charge is -2.16. The number of ether oxygens (including phenoxy) is 1. The molecule has 1 aromatic heterocycles. The first kappa shape index (κ1) is 12.0. The van der Waals surface area contributed by atoms with Crippen molar-refractivity contribution in [3.8, 4) is 0 Å². The van der Waals surface area contributed by atoms with Gasteiger partial charge in [0.25, 0.3) is 0 Å². The van der Waals surface area contributed by atoms with E-state index in [9.17, 15) is 0 Å². The highest BCUT2D eigenvalue weighted by atomic mass is 16.5. The lowest BCUT2D eigenvalue weighted by atomic mass is 10.1. The van der Waals surface area contributed by atoms with Gasteiger partial charge in [-0.3, -0.25) is 4.68 Å². The molecule has 1 atom stereocenters. The third-order valence-corrected chi connectivity index (χ3v) is 2.19. The Morgan fingerprint density at radius 2 is 2.47 bits per heavy atom. The van der Waals surface area contributed by atoms with Crippen LogP contribution in [0.5, 0.6) is 0 Å². The van der Waals surface area contributed by atoms with E-state index in [4.69, 9.17) is 10.5 Å². The van der Waals surface area contributed by atoms with Crippen LogP contribution in [0.25, 0.3) is 0 Å². The summed E-state index contributed by atoms with van der Waals surface area (Å²) in [6, 6.07) is 2.24. The van der Waals surface area contributed by atoms with Crippen molar-refractivity contribution < 1.29 is 4.74 Å². The van der Waals surface area contributed by atoms with Gasteiger partial charge in [0, 0.05) is 26.4 Å². The highest BCUT2D eigenvalue weighted by Crippen LogP contribution is 2.07. The Morgan fingerprint density at radius 3 is 3.00 bits per heavy atom. The van der Waals surface area contributed by atoms with Crippen LogP contribution in [0.4, 0.5) is 5.82 Å². The van der Waals surface area contributed by atoms with Gasteiger partial charge in [-0.25, -0.2) is 0 Å². The van der Waals surface area contributed by atoms with Gasteiger partial charge in [-0.05, 0) is 19.4 Å². The van der Waals surface area contributed by atoms with Crippen molar-refractivity contribution in [3.63, 3.8) is 0 Å². The van der Waals surface area contributed by atoms with Crippen molar-refractivity contribution in [3.05, 3.63) is 12.3 Å². The molecule has 0 aliphatic carbocycles. The van der Waals surface area contributed by atoms with Crippen molar-refractivity contribution in [2.45, 2.75) is 18.9 Å². The maximum absolute atomic E-state index is 5.48. The molecule has 0 fully saturated rings. The molecule has 86 valence electrons. The Bertz CT molecular complexity index is 274. The Kier molecular flexibility index (Phi) is 5.14. The minimum absolute atomic E-state index is 0.286. The van der Waals surface area contributed by atoms with Gasteiger partial charge >= 0.3 is 0 Å². The van der Waals surface area contributed by atoms with Crippen molar-refractivity contribution in [2.24, 2.45) is 12.8 Å². The van der Waals surface area contributed by atoms with Gasteiger partial charge in [0.2, 0.25) is 0 Å². The highest BCUT2D eigenvalue weighted by Gasteiger charge is 2.08. The Morgan fingerprint density at radius 1 is 1.67 bits per heavy atom. The molecule has 15 heavy (non-hydrogen) atoms. The molecular weight excluding hydrogens is 192 g/mol. The van der Waals surface area contributed by atoms with Crippen LogP contribution in [0.1, 0.15) is 12.8 Å². The van der Waals surface area contributed by atoms with Crippen molar-refractivity contribution in [2.75, 3.05) is 25.6 Å². The Hall–Kier alpha value is -1.07. The number of hydrogen-bond acceptors (Lipinski definition) is 4. The summed E-state index contributed by atoms with van der Waals surface area (Å²) in [7, 11) is 3.60. The predicted octanol–water partition coefficient (Wildman–Crippen LogP) is 0.586. The largest absolute Gasteiger partial charge is 0.383 e. The first-order chi connectivity index (χ1) is 7.26. The topological polar surface area (TPSA) is 65.1 Å². The van der Waals surface area contributed by atoms with Gasteiger partial charge in [0.05, 0.1) is 12.6 Å². The fourth-order valence-corrected chi connectivity index (χ4v) is 1.46. The molecule has 3 N–H and O–H groups in total. The van der Waals surface area contributed by atoms with Crippen LogP contribution >= 0.6 is 0 Å². The van der Waals surface area contributed by atoms with E-state index in [1.54, 1.807) is 11.8 Å². The minimum atomic E-state index is 0.286. The molecule has 0 aliphatic heterocycles. The van der Waals surface area contributed by atoms with Gasteiger partial charge in [-0.2, -0.15) is 5.10 Å². The number of rotatable bonds is 7. The normalized spacial score (nSPS) is 12.7. The molecule has 0 saturated carbocycles. The molecule has 1 unspecified atom stereocenters. The number of nitrogens with one attached hydrogen (secondary N) is 1. The van der Waals surface area contributed by atoms with Gasteiger partial charge in [0.1, 0.15) is 5.82 Å². The summed E-state index contributed by atoms with van der Waals surface area (Å²) in [6.45, 7) is 1.39. The molecule has 0 radical (unpaired) electrons. The molecular formula is C10H20N4O. The summed E-state index contributed by atoms with van der Waals surface area (Å²) in [5, 5.41) is 7.58. The monoisotopic (exact) mass is 212 g/mol. The van der Waals surface area contributed by atoms with Gasteiger partial charge < -0.3 is 15.8 Å². The van der Waals surface area contributed by atoms with E-state index >= 15 is 0 Å². The number of nitrogens with two attached hydrogens (primary N) is 1. The SMILES string of the molecule is COCC(CCCN)Nc1ccn(C)n1. The molecule has 0 aliphatic rings. The van der Waals surface area contributed by atoms with Crippen LogP contribution < -0.4 is 11.1 Å². The zero-order chi connectivity index (χ0) is 11.1. The fraction of sp³-hybridized carbons (Fsp3) is 0.700. The number of methoxy groups -OCH3 is 1. The van der Waals surface area contributed by atoms with E-state index in [2.05, 4.69) is 10.4 Å². The lowest BCUT2D eigenvalue weighted by molar-refractivity contribution is 0.182. The minimum Gasteiger partial charge on any atom is -0.383 e. The predicted molar refractivity (Wildman–Crippen MR) is 60.8 cm³/mol. The smallest absolute Gasteiger partial charge is 0.148 e. The number of anilines is 1. The van der Waals surface area contributed by atoms with Crippen LogP contribution in [-0.2, 0) is 11.8 Å². The standard InChI is InChI=1S/C10H20N4O/c1-14-7-5-10(13-14)12-9(8-15-2)4-3-6-11/h5,7,9H,3-4,6,8,11H2,1-2H3,(H,12,13). The summed E-state index contributed by atoms with van der Waals surface area (Å²) in [5.74, 6) is 0.886. The van der Waals surface area contributed by atoms with Gasteiger partial charge in [-0.15, -0.1) is 0 Å². The lowest BCUT2D eigenvalue weighted by Crippen LogP contribution is -2.26. The van der Waals surface area contributed by atoms with Crippen molar-refractivity contribution in [1.29, 1.82) is 0 Å². The van der Waals surface area contributed by atoms with Crippen LogP contribution in [0, 0.1) is 0 Å². The molecule has 5 heteroatoms. The second-order valence-electron chi connectivity index (χ2n) is 3.60. The number of nitrogens with zero attached hydrogens (tertiary/aromatic N) is 2. The van der Waals surface area contributed by atoms with E-state index in [-0.39, 0.29) is 6.04 Å². The Balaban J connectivity index is 2.42. The number of hydrogen-bond donors (Lipinski definition) is 2. The van der Waals surface area contributed by atoms with E-state index in [0.29, 0.717) is 13.2 Å². The molecule has 5 nitrogen and oxygen atoms in total. The summed E-state index contributed by atoms with van der Waals surface area (Å²) in [4.78, 5) is 0.